The highest BCUT2D eigenvalue weighted by atomic mass is 16.3. The van der Waals surface area contributed by atoms with E-state index in [-0.39, 0.29) is 0 Å². The molecule has 10 aromatic rings. The molecule has 0 aliphatic heterocycles. The van der Waals surface area contributed by atoms with Gasteiger partial charge in [-0.3, -0.25) is 0 Å². The zero-order valence-electron chi connectivity index (χ0n) is 26.5. The van der Waals surface area contributed by atoms with E-state index in [4.69, 9.17) is 8.83 Å². The topological polar surface area (TPSA) is 29.5 Å². The van der Waals surface area contributed by atoms with Gasteiger partial charge in [0.2, 0.25) is 0 Å². The molecule has 10 rings (SSSR count). The molecule has 0 spiro atoms. The van der Waals surface area contributed by atoms with Crippen molar-refractivity contribution in [2.75, 3.05) is 4.90 Å². The fraction of sp³-hybridized carbons (Fsp3) is 0. The number of benzene rings is 8. The molecule has 0 bridgehead atoms. The van der Waals surface area contributed by atoms with Gasteiger partial charge >= 0.3 is 0 Å². The van der Waals surface area contributed by atoms with Crippen molar-refractivity contribution in [2.45, 2.75) is 0 Å². The van der Waals surface area contributed by atoms with Crippen molar-refractivity contribution >= 4 is 71.7 Å². The van der Waals surface area contributed by atoms with Crippen molar-refractivity contribution in [3.63, 3.8) is 0 Å². The quantitative estimate of drug-likeness (QED) is 0.190. The first-order valence-corrected chi connectivity index (χ1v) is 16.6. The van der Waals surface area contributed by atoms with E-state index in [1.54, 1.807) is 0 Å². The van der Waals surface area contributed by atoms with E-state index in [0.29, 0.717) is 0 Å². The van der Waals surface area contributed by atoms with Crippen LogP contribution in [-0.2, 0) is 0 Å². The van der Waals surface area contributed by atoms with Crippen molar-refractivity contribution < 1.29 is 8.83 Å². The first kappa shape index (κ1) is 27.5. The number of hydrogen-bond donors (Lipinski definition) is 0. The molecule has 0 amide bonds. The fourth-order valence-electron chi connectivity index (χ4n) is 7.38. The molecule has 230 valence electrons. The highest BCUT2D eigenvalue weighted by Gasteiger charge is 2.23. The van der Waals surface area contributed by atoms with Crippen molar-refractivity contribution in [2.24, 2.45) is 0 Å². The minimum absolute atomic E-state index is 0.805. The maximum absolute atomic E-state index is 6.56. The molecule has 3 heteroatoms. The summed E-state index contributed by atoms with van der Waals surface area (Å²) in [6, 6.07) is 62.0. The molecule has 8 aromatic carbocycles. The van der Waals surface area contributed by atoms with Crippen LogP contribution in [0.5, 0.6) is 0 Å². The number of fused-ring (bicyclic) bond motifs is 8. The third-order valence-electron chi connectivity index (χ3n) is 9.68. The van der Waals surface area contributed by atoms with Crippen LogP contribution in [0, 0.1) is 0 Å². The summed E-state index contributed by atoms with van der Waals surface area (Å²) in [6.45, 7) is 0. The number of hydrogen-bond acceptors (Lipinski definition) is 3. The second-order valence-electron chi connectivity index (χ2n) is 12.5. The monoisotopic (exact) mass is 627 g/mol. The summed E-state index contributed by atoms with van der Waals surface area (Å²) in [5.41, 5.74) is 11.2. The summed E-state index contributed by atoms with van der Waals surface area (Å²) in [7, 11) is 0. The Balaban J connectivity index is 1.20. The van der Waals surface area contributed by atoms with Crippen LogP contribution in [0.1, 0.15) is 0 Å². The molecule has 3 nitrogen and oxygen atoms in total. The Morgan fingerprint density at radius 2 is 0.959 bits per heavy atom. The first-order chi connectivity index (χ1) is 24.3. The maximum Gasteiger partial charge on any atom is 0.147 e. The Hall–Kier alpha value is -6.58. The minimum atomic E-state index is 0.805. The summed E-state index contributed by atoms with van der Waals surface area (Å²) in [4.78, 5) is 2.33. The predicted molar refractivity (Wildman–Crippen MR) is 204 cm³/mol. The molecule has 0 atom stereocenters. The minimum Gasteiger partial charge on any atom is -0.456 e. The summed E-state index contributed by atoms with van der Waals surface area (Å²) < 4.78 is 13.1. The molecule has 0 unspecified atom stereocenters. The highest BCUT2D eigenvalue weighted by molar-refractivity contribution is 6.25. The van der Waals surface area contributed by atoms with E-state index in [1.807, 2.05) is 18.2 Å². The number of para-hydroxylation sites is 1. The summed E-state index contributed by atoms with van der Waals surface area (Å²) >= 11 is 0. The summed E-state index contributed by atoms with van der Waals surface area (Å²) in [5.74, 6) is 0. The van der Waals surface area contributed by atoms with Gasteiger partial charge in [-0.25, -0.2) is 0 Å². The Kier molecular flexibility index (Phi) is 6.18. The summed E-state index contributed by atoms with van der Waals surface area (Å²) in [6.07, 6.45) is 0. The third-order valence-corrected chi connectivity index (χ3v) is 9.68. The number of rotatable bonds is 5. The van der Waals surface area contributed by atoms with Gasteiger partial charge in [-0.15, -0.1) is 0 Å². The Morgan fingerprint density at radius 1 is 0.347 bits per heavy atom. The van der Waals surface area contributed by atoms with E-state index < -0.39 is 0 Å². The van der Waals surface area contributed by atoms with Crippen LogP contribution < -0.4 is 4.90 Å². The van der Waals surface area contributed by atoms with Crippen LogP contribution in [0.3, 0.4) is 0 Å². The van der Waals surface area contributed by atoms with Crippen LogP contribution in [0.2, 0.25) is 0 Å². The normalized spacial score (nSPS) is 11.7. The van der Waals surface area contributed by atoms with Crippen molar-refractivity contribution in [1.82, 2.24) is 0 Å². The standard InChI is InChI=1S/C46H29NO2/c1-2-10-30(11-3-1)31-20-24-34(25-21-31)47(35-26-22-33(23-27-35)37-16-8-13-32-12-4-5-14-36(32)37)40-17-9-19-42-44(40)45-43(48-42)29-28-39-38-15-6-7-18-41(38)49-46(39)45/h1-29H. The van der Waals surface area contributed by atoms with Gasteiger partial charge in [0.25, 0.3) is 0 Å². The van der Waals surface area contributed by atoms with Crippen LogP contribution in [0.15, 0.2) is 185 Å². The van der Waals surface area contributed by atoms with Gasteiger partial charge in [0, 0.05) is 22.1 Å². The van der Waals surface area contributed by atoms with Gasteiger partial charge in [0.05, 0.1) is 16.5 Å². The maximum atomic E-state index is 6.56. The zero-order chi connectivity index (χ0) is 32.3. The molecule has 0 aliphatic carbocycles. The van der Waals surface area contributed by atoms with Gasteiger partial charge in [0.15, 0.2) is 0 Å². The lowest BCUT2D eigenvalue weighted by Gasteiger charge is -2.26. The molecule has 0 saturated carbocycles. The third kappa shape index (κ3) is 4.44. The largest absolute Gasteiger partial charge is 0.456 e. The van der Waals surface area contributed by atoms with Crippen LogP contribution >= 0.6 is 0 Å². The molecule has 0 radical (unpaired) electrons. The number of furan rings is 2. The number of anilines is 3. The van der Waals surface area contributed by atoms with Gasteiger partial charge in [-0.05, 0) is 87.6 Å². The lowest BCUT2D eigenvalue weighted by atomic mass is 9.98. The lowest BCUT2D eigenvalue weighted by Crippen LogP contribution is -2.10. The van der Waals surface area contributed by atoms with Gasteiger partial charge in [0.1, 0.15) is 22.3 Å². The summed E-state index contributed by atoms with van der Waals surface area (Å²) in [5, 5.41) is 6.67. The second-order valence-corrected chi connectivity index (χ2v) is 12.5. The zero-order valence-corrected chi connectivity index (χ0v) is 26.5. The van der Waals surface area contributed by atoms with Gasteiger partial charge in [-0.2, -0.15) is 0 Å². The second kappa shape index (κ2) is 11.0. The highest BCUT2D eigenvalue weighted by Crippen LogP contribution is 2.46. The van der Waals surface area contributed by atoms with Crippen LogP contribution in [0.4, 0.5) is 17.1 Å². The molecule has 2 heterocycles. The van der Waals surface area contributed by atoms with Crippen LogP contribution in [0.25, 0.3) is 76.9 Å². The molecule has 0 N–H and O–H groups in total. The van der Waals surface area contributed by atoms with Crippen molar-refractivity contribution in [1.29, 1.82) is 0 Å². The molecular formula is C46H29NO2. The Morgan fingerprint density at radius 3 is 1.78 bits per heavy atom. The van der Waals surface area contributed by atoms with E-state index in [2.05, 4.69) is 163 Å². The van der Waals surface area contributed by atoms with Gasteiger partial charge < -0.3 is 13.7 Å². The predicted octanol–water partition coefficient (Wildman–Crippen LogP) is 13.4. The van der Waals surface area contributed by atoms with Crippen molar-refractivity contribution in [3.05, 3.63) is 176 Å². The molecule has 0 aliphatic rings. The van der Waals surface area contributed by atoms with Crippen molar-refractivity contribution in [3.8, 4) is 22.3 Å². The van der Waals surface area contributed by atoms with E-state index in [0.717, 1.165) is 60.9 Å². The fourth-order valence-corrected chi connectivity index (χ4v) is 7.38. The average Bonchev–Trinajstić information content (AvgIpc) is 3.75. The molecular weight excluding hydrogens is 599 g/mol. The first-order valence-electron chi connectivity index (χ1n) is 16.6. The van der Waals surface area contributed by atoms with Crippen LogP contribution in [-0.4, -0.2) is 0 Å². The van der Waals surface area contributed by atoms with Gasteiger partial charge in [-0.1, -0.05) is 121 Å². The Labute approximate surface area is 282 Å². The molecule has 2 aromatic heterocycles. The number of nitrogens with zero attached hydrogens (tertiary/aromatic N) is 1. The molecule has 0 fully saturated rings. The average molecular weight is 628 g/mol. The SMILES string of the molecule is c1ccc(-c2ccc(N(c3ccc(-c4cccc5ccccc45)cc3)c3cccc4oc5ccc6c7ccccc7oc6c5c34)cc2)cc1. The van der Waals surface area contributed by atoms with E-state index >= 15 is 0 Å². The molecule has 49 heavy (non-hydrogen) atoms. The van der Waals surface area contributed by atoms with E-state index in [9.17, 15) is 0 Å². The smallest absolute Gasteiger partial charge is 0.147 e. The van der Waals surface area contributed by atoms with E-state index in [1.165, 1.54) is 33.0 Å². The Bertz CT molecular complexity index is 2800. The lowest BCUT2D eigenvalue weighted by molar-refractivity contribution is 0.663. The molecule has 0 saturated heterocycles.